The second kappa shape index (κ2) is 6.80. The summed E-state index contributed by atoms with van der Waals surface area (Å²) in [6, 6.07) is 1.47. The molecule has 1 aromatic carbocycles. The topological polar surface area (TPSA) is 46.1 Å². The Morgan fingerprint density at radius 1 is 1.12 bits per heavy atom. The maximum atomic E-state index is 11.5. The minimum Gasteiger partial charge on any atom is -0.873 e. The van der Waals surface area contributed by atoms with Crippen LogP contribution in [-0.2, 0) is 22.9 Å². The van der Waals surface area contributed by atoms with E-state index in [2.05, 4.69) is 6.92 Å². The van der Waals surface area contributed by atoms with Gasteiger partial charge in [-0.2, -0.15) is 0 Å². The fourth-order valence-corrected chi connectivity index (χ4v) is 1.90. The van der Waals surface area contributed by atoms with E-state index in [1.807, 2.05) is 6.92 Å². The zero-order chi connectivity index (χ0) is 11.4. The van der Waals surface area contributed by atoms with Gasteiger partial charge in [0.1, 0.15) is 0 Å². The Labute approximate surface area is 108 Å². The van der Waals surface area contributed by atoms with Crippen LogP contribution in [0.5, 0.6) is 11.5 Å². The summed E-state index contributed by atoms with van der Waals surface area (Å²) in [5, 5.41) is 22.7. The van der Waals surface area contributed by atoms with E-state index < -0.39 is 0 Å². The summed E-state index contributed by atoms with van der Waals surface area (Å²) in [4.78, 5) is 0. The zero-order valence-electron chi connectivity index (χ0n) is 10.0. The summed E-state index contributed by atoms with van der Waals surface area (Å²) in [6.07, 6.45) is 4.35. The van der Waals surface area contributed by atoms with E-state index in [1.54, 1.807) is 6.92 Å². The molecule has 0 aliphatic rings. The van der Waals surface area contributed by atoms with Crippen molar-refractivity contribution in [1.29, 1.82) is 0 Å². The van der Waals surface area contributed by atoms with Gasteiger partial charge in [-0.15, -0.1) is 11.5 Å². The Bertz CT molecular complexity index is 348. The molecule has 0 radical (unpaired) electrons. The number of rotatable bonds is 4. The van der Waals surface area contributed by atoms with E-state index in [0.717, 1.165) is 24.0 Å². The molecule has 3 heteroatoms. The molecular weight excluding hydrogens is 247 g/mol. The molecule has 1 rings (SSSR count). The summed E-state index contributed by atoms with van der Waals surface area (Å²) in [5.74, 6) is -0.698. The minimum atomic E-state index is -0.371. The predicted octanol–water partition coefficient (Wildman–Crippen LogP) is 2.18. The van der Waals surface area contributed by atoms with E-state index in [1.165, 1.54) is 18.9 Å². The summed E-state index contributed by atoms with van der Waals surface area (Å²) < 4.78 is 0. The third kappa shape index (κ3) is 3.41. The van der Waals surface area contributed by atoms with Crippen LogP contribution in [0.1, 0.15) is 42.9 Å². The minimum absolute atomic E-state index is 0. The van der Waals surface area contributed by atoms with Crippen molar-refractivity contribution in [3.63, 3.8) is 0 Å². The van der Waals surface area contributed by atoms with Gasteiger partial charge in [0.25, 0.3) is 0 Å². The van der Waals surface area contributed by atoms with Crippen LogP contribution in [0.15, 0.2) is 6.07 Å². The maximum Gasteiger partial charge on any atom is 2.00 e. The molecule has 1 aromatic rings. The SMILES string of the molecule is CCCCCc1c(C)cc([O-])c([O-])c1C.[Ni+2]. The first-order chi connectivity index (χ1) is 7.07. The maximum absolute atomic E-state index is 11.5. The second-order valence-corrected chi connectivity index (χ2v) is 4.08. The Kier molecular flexibility index (Phi) is 6.51. The molecule has 0 fully saturated rings. The predicted molar refractivity (Wildman–Crippen MR) is 58.0 cm³/mol. The monoisotopic (exact) mass is 264 g/mol. The van der Waals surface area contributed by atoms with Gasteiger partial charge in [-0.25, -0.2) is 0 Å². The van der Waals surface area contributed by atoms with Crippen molar-refractivity contribution < 1.29 is 26.7 Å². The van der Waals surface area contributed by atoms with Crippen LogP contribution in [0.25, 0.3) is 0 Å². The molecule has 0 aliphatic carbocycles. The summed E-state index contributed by atoms with van der Waals surface area (Å²) in [6.45, 7) is 5.83. The van der Waals surface area contributed by atoms with Crippen molar-refractivity contribution in [2.45, 2.75) is 46.5 Å². The van der Waals surface area contributed by atoms with Crippen LogP contribution < -0.4 is 10.2 Å². The van der Waals surface area contributed by atoms with Crippen molar-refractivity contribution in [2.24, 2.45) is 0 Å². The molecule has 0 spiro atoms. The molecule has 92 valence electrons. The van der Waals surface area contributed by atoms with Gasteiger partial charge in [-0.3, -0.25) is 0 Å². The number of unbranched alkanes of at least 4 members (excludes halogenated alkanes) is 2. The molecule has 0 aliphatic heterocycles. The molecule has 2 nitrogen and oxygen atoms in total. The van der Waals surface area contributed by atoms with E-state index in [4.69, 9.17) is 0 Å². The van der Waals surface area contributed by atoms with Crippen molar-refractivity contribution in [2.75, 3.05) is 0 Å². The van der Waals surface area contributed by atoms with Gasteiger partial charge in [-0.05, 0) is 37.8 Å². The first kappa shape index (κ1) is 15.3. The van der Waals surface area contributed by atoms with Crippen LogP contribution in [0.2, 0.25) is 0 Å². The van der Waals surface area contributed by atoms with Crippen molar-refractivity contribution >= 4 is 0 Å². The van der Waals surface area contributed by atoms with Crippen LogP contribution >= 0.6 is 0 Å². The molecule has 0 heterocycles. The molecule has 0 saturated carbocycles. The molecule has 0 aromatic heterocycles. The van der Waals surface area contributed by atoms with Crippen LogP contribution in [0, 0.1) is 13.8 Å². The molecule has 0 saturated heterocycles. The van der Waals surface area contributed by atoms with Gasteiger partial charge in [0.2, 0.25) is 0 Å². The first-order valence-corrected chi connectivity index (χ1v) is 5.55. The van der Waals surface area contributed by atoms with E-state index >= 15 is 0 Å². The van der Waals surface area contributed by atoms with Gasteiger partial charge in [0.15, 0.2) is 0 Å². The summed E-state index contributed by atoms with van der Waals surface area (Å²) in [7, 11) is 0. The molecule has 0 N–H and O–H groups in total. The van der Waals surface area contributed by atoms with Gasteiger partial charge >= 0.3 is 16.5 Å². The van der Waals surface area contributed by atoms with Crippen LogP contribution in [0.4, 0.5) is 0 Å². The fraction of sp³-hybridized carbons (Fsp3) is 0.538. The van der Waals surface area contributed by atoms with E-state index in [0.29, 0.717) is 5.56 Å². The number of aryl methyl sites for hydroxylation is 1. The van der Waals surface area contributed by atoms with E-state index in [9.17, 15) is 10.2 Å². The van der Waals surface area contributed by atoms with Crippen molar-refractivity contribution in [3.05, 3.63) is 22.8 Å². The largest absolute Gasteiger partial charge is 2.00 e. The molecule has 0 atom stereocenters. The third-order valence-corrected chi connectivity index (χ3v) is 2.87. The molecule has 0 bridgehead atoms. The first-order valence-electron chi connectivity index (χ1n) is 5.55. The molecule has 0 amide bonds. The Morgan fingerprint density at radius 2 is 1.75 bits per heavy atom. The molecule has 16 heavy (non-hydrogen) atoms. The Balaban J connectivity index is 0.00000225. The summed E-state index contributed by atoms with van der Waals surface area (Å²) in [5.41, 5.74) is 2.69. The third-order valence-electron chi connectivity index (χ3n) is 2.87. The number of benzene rings is 1. The Morgan fingerprint density at radius 3 is 2.31 bits per heavy atom. The normalized spacial score (nSPS) is 9.94. The van der Waals surface area contributed by atoms with Gasteiger partial charge in [-0.1, -0.05) is 31.4 Å². The van der Waals surface area contributed by atoms with Crippen molar-refractivity contribution in [1.82, 2.24) is 0 Å². The summed E-state index contributed by atoms with van der Waals surface area (Å²) >= 11 is 0. The smallest absolute Gasteiger partial charge is 0.873 e. The number of hydrogen-bond acceptors (Lipinski definition) is 2. The number of hydrogen-bond donors (Lipinski definition) is 0. The second-order valence-electron chi connectivity index (χ2n) is 4.08. The van der Waals surface area contributed by atoms with Gasteiger partial charge in [0, 0.05) is 0 Å². The zero-order valence-corrected chi connectivity index (χ0v) is 11.0. The van der Waals surface area contributed by atoms with Gasteiger partial charge < -0.3 is 10.2 Å². The molecular formula is C13H18NiO2. The molecule has 0 unspecified atom stereocenters. The van der Waals surface area contributed by atoms with Crippen molar-refractivity contribution in [3.8, 4) is 11.5 Å². The average molecular weight is 265 g/mol. The van der Waals surface area contributed by atoms with Gasteiger partial charge in [0.05, 0.1) is 0 Å². The quantitative estimate of drug-likeness (QED) is 0.618. The standard InChI is InChI=1S/C13H20O2.Ni/c1-4-5-6-7-11-9(2)8-12(14)13(15)10(11)3;/h8,14-15H,4-7H2,1-3H3;/q;+2/p-2. The van der Waals surface area contributed by atoms with Crippen LogP contribution in [0.3, 0.4) is 0 Å². The fourth-order valence-electron chi connectivity index (χ4n) is 1.90. The Hall–Kier alpha value is -0.686. The van der Waals surface area contributed by atoms with Crippen LogP contribution in [-0.4, -0.2) is 0 Å². The average Bonchev–Trinajstić information content (AvgIpc) is 2.20. The van der Waals surface area contributed by atoms with E-state index in [-0.39, 0.29) is 28.0 Å².